The average Bonchev–Trinajstić information content (AvgIpc) is 3.29. The van der Waals surface area contributed by atoms with Crippen LogP contribution in [0.5, 0.6) is 11.8 Å². The first-order valence-corrected chi connectivity index (χ1v) is 13.9. The van der Waals surface area contributed by atoms with E-state index in [-0.39, 0.29) is 28.8 Å². The van der Waals surface area contributed by atoms with Crippen molar-refractivity contribution in [2.45, 2.75) is 49.7 Å². The summed E-state index contributed by atoms with van der Waals surface area (Å²) in [6.45, 7) is 4.97. The minimum atomic E-state index is -4.00. The largest absolute Gasteiger partial charge is 0.474 e. The smallest absolute Gasteiger partial charge is 0.286 e. The number of piperidine rings is 1. The van der Waals surface area contributed by atoms with Crippen molar-refractivity contribution in [3.63, 3.8) is 0 Å². The molecule has 0 atom stereocenters. The SMILES string of the molecule is Cc1ccc(S(=O)(=O)n2nc(Nc3cncc(OC4CCN(C)CC4)n3)cc2OC2CCOCC2)cc1. The van der Waals surface area contributed by atoms with Gasteiger partial charge in [0.25, 0.3) is 10.0 Å². The van der Waals surface area contributed by atoms with E-state index in [0.29, 0.717) is 37.8 Å². The lowest BCUT2D eigenvalue weighted by atomic mass is 10.1. The van der Waals surface area contributed by atoms with E-state index >= 15 is 0 Å². The van der Waals surface area contributed by atoms with Crippen LogP contribution in [-0.2, 0) is 14.8 Å². The van der Waals surface area contributed by atoms with Gasteiger partial charge in [-0.1, -0.05) is 17.7 Å². The van der Waals surface area contributed by atoms with Gasteiger partial charge in [0.1, 0.15) is 12.2 Å². The summed E-state index contributed by atoms with van der Waals surface area (Å²) in [5.74, 6) is 1.19. The van der Waals surface area contributed by atoms with Gasteiger partial charge in [-0.15, -0.1) is 9.19 Å². The number of aryl methyl sites for hydroxylation is 1. The molecule has 11 nitrogen and oxygen atoms in total. The Labute approximate surface area is 216 Å². The minimum absolute atomic E-state index is 0.0825. The third kappa shape index (κ3) is 6.20. The minimum Gasteiger partial charge on any atom is -0.474 e. The van der Waals surface area contributed by atoms with Crippen molar-refractivity contribution < 1.29 is 22.6 Å². The highest BCUT2D eigenvalue weighted by Crippen LogP contribution is 2.28. The third-order valence-electron chi connectivity index (χ3n) is 6.47. The summed E-state index contributed by atoms with van der Waals surface area (Å²) in [6.07, 6.45) is 6.20. The molecule has 0 bridgehead atoms. The van der Waals surface area contributed by atoms with Gasteiger partial charge in [0.05, 0.1) is 30.5 Å². The first-order chi connectivity index (χ1) is 17.9. The second-order valence-corrected chi connectivity index (χ2v) is 11.2. The zero-order valence-electron chi connectivity index (χ0n) is 21.0. The second-order valence-electron chi connectivity index (χ2n) is 9.45. The molecular weight excluding hydrogens is 496 g/mol. The number of ether oxygens (including phenoxy) is 3. The summed E-state index contributed by atoms with van der Waals surface area (Å²) in [6, 6.07) is 8.19. The highest BCUT2D eigenvalue weighted by molar-refractivity contribution is 7.90. The monoisotopic (exact) mass is 528 g/mol. The highest BCUT2D eigenvalue weighted by atomic mass is 32.2. The van der Waals surface area contributed by atoms with Crippen molar-refractivity contribution in [3.05, 3.63) is 48.3 Å². The summed E-state index contributed by atoms with van der Waals surface area (Å²) in [7, 11) is -1.90. The van der Waals surface area contributed by atoms with Crippen LogP contribution in [0, 0.1) is 6.92 Å². The maximum Gasteiger partial charge on any atom is 0.286 e. The predicted molar refractivity (Wildman–Crippen MR) is 137 cm³/mol. The molecule has 0 radical (unpaired) electrons. The maximum atomic E-state index is 13.5. The Morgan fingerprint density at radius 1 is 0.973 bits per heavy atom. The summed E-state index contributed by atoms with van der Waals surface area (Å²) in [5.41, 5.74) is 0.960. The number of hydrogen-bond acceptors (Lipinski definition) is 10. The molecule has 0 amide bonds. The zero-order chi connectivity index (χ0) is 25.8. The van der Waals surface area contributed by atoms with Crippen LogP contribution in [0.4, 0.5) is 11.6 Å². The fraction of sp³-hybridized carbons (Fsp3) is 0.480. The topological polar surface area (TPSA) is 121 Å². The van der Waals surface area contributed by atoms with Crippen LogP contribution < -0.4 is 14.8 Å². The first-order valence-electron chi connectivity index (χ1n) is 12.5. The molecule has 198 valence electrons. The van der Waals surface area contributed by atoms with Crippen LogP contribution in [-0.4, -0.2) is 78.0 Å². The van der Waals surface area contributed by atoms with E-state index in [2.05, 4.69) is 32.3 Å². The normalized spacial score (nSPS) is 18.0. The quantitative estimate of drug-likeness (QED) is 0.467. The standard InChI is InChI=1S/C25H32N6O5S/c1-18-3-5-21(6-4-18)37(32,33)31-25(36-20-9-13-34-14-10-20)15-22(29-31)27-23-16-26-17-24(28-23)35-19-7-11-30(2)12-8-19/h3-6,15-17,19-20H,7-14H2,1-2H3,(H,27,28,29). The van der Waals surface area contributed by atoms with Gasteiger partial charge in [-0.3, -0.25) is 4.98 Å². The third-order valence-corrected chi connectivity index (χ3v) is 8.06. The van der Waals surface area contributed by atoms with Crippen molar-refractivity contribution in [2.24, 2.45) is 0 Å². The number of benzene rings is 1. The molecule has 4 heterocycles. The fourth-order valence-electron chi connectivity index (χ4n) is 4.31. The molecule has 0 unspecified atom stereocenters. The summed E-state index contributed by atoms with van der Waals surface area (Å²) >= 11 is 0. The molecule has 2 fully saturated rings. The van der Waals surface area contributed by atoms with Gasteiger partial charge in [-0.2, -0.15) is 13.4 Å². The Morgan fingerprint density at radius 3 is 2.41 bits per heavy atom. The summed E-state index contributed by atoms with van der Waals surface area (Å²) < 4.78 is 45.5. The Bertz CT molecular complexity index is 1300. The number of nitrogens with zero attached hydrogens (tertiary/aromatic N) is 5. The molecule has 1 aromatic carbocycles. The highest BCUT2D eigenvalue weighted by Gasteiger charge is 2.27. The lowest BCUT2D eigenvalue weighted by Gasteiger charge is -2.28. The number of nitrogens with one attached hydrogen (secondary N) is 1. The Balaban J connectivity index is 1.39. The van der Waals surface area contributed by atoms with Crippen LogP contribution in [0.3, 0.4) is 0 Å². The van der Waals surface area contributed by atoms with Crippen molar-refractivity contribution in [2.75, 3.05) is 38.7 Å². The van der Waals surface area contributed by atoms with Crippen LogP contribution >= 0.6 is 0 Å². The number of likely N-dealkylation sites (tertiary alicyclic amines) is 1. The molecular formula is C25H32N6O5S. The molecule has 2 saturated heterocycles. The number of aromatic nitrogens is 4. The van der Waals surface area contributed by atoms with Gasteiger partial charge in [0.2, 0.25) is 11.8 Å². The molecule has 2 aromatic heterocycles. The average molecular weight is 529 g/mol. The Morgan fingerprint density at radius 2 is 1.68 bits per heavy atom. The van der Waals surface area contributed by atoms with Crippen molar-refractivity contribution >= 4 is 21.7 Å². The molecule has 0 spiro atoms. The summed E-state index contributed by atoms with van der Waals surface area (Å²) in [4.78, 5) is 11.1. The van der Waals surface area contributed by atoms with Gasteiger partial charge in [0, 0.05) is 32.0 Å². The van der Waals surface area contributed by atoms with Gasteiger partial charge < -0.3 is 24.4 Å². The van der Waals surface area contributed by atoms with Gasteiger partial charge in [-0.05, 0) is 38.9 Å². The van der Waals surface area contributed by atoms with Crippen molar-refractivity contribution in [1.29, 1.82) is 0 Å². The predicted octanol–water partition coefficient (Wildman–Crippen LogP) is 2.99. The maximum absolute atomic E-state index is 13.5. The molecule has 0 saturated carbocycles. The molecule has 2 aliphatic heterocycles. The van der Waals surface area contributed by atoms with E-state index < -0.39 is 10.0 Å². The Hall–Kier alpha value is -3.22. The lowest BCUT2D eigenvalue weighted by Crippen LogP contribution is -2.35. The van der Waals surface area contributed by atoms with Gasteiger partial charge in [-0.25, -0.2) is 0 Å². The van der Waals surface area contributed by atoms with Crippen LogP contribution in [0.25, 0.3) is 0 Å². The molecule has 3 aromatic rings. The van der Waals surface area contributed by atoms with E-state index in [1.54, 1.807) is 36.5 Å². The van der Waals surface area contributed by atoms with E-state index in [1.807, 2.05) is 6.92 Å². The van der Waals surface area contributed by atoms with Crippen LogP contribution in [0.2, 0.25) is 0 Å². The first kappa shape index (κ1) is 25.4. The molecule has 2 aliphatic rings. The van der Waals surface area contributed by atoms with E-state index in [9.17, 15) is 8.42 Å². The molecule has 12 heteroatoms. The second kappa shape index (κ2) is 11.0. The van der Waals surface area contributed by atoms with Crippen LogP contribution in [0.1, 0.15) is 31.2 Å². The van der Waals surface area contributed by atoms with Crippen molar-refractivity contribution in [3.8, 4) is 11.8 Å². The number of anilines is 2. The number of rotatable bonds is 8. The fourth-order valence-corrected chi connectivity index (χ4v) is 5.51. The van der Waals surface area contributed by atoms with E-state index in [4.69, 9.17) is 14.2 Å². The van der Waals surface area contributed by atoms with Crippen LogP contribution in [0.15, 0.2) is 47.6 Å². The van der Waals surface area contributed by atoms with Crippen molar-refractivity contribution in [1.82, 2.24) is 24.1 Å². The van der Waals surface area contributed by atoms with E-state index in [1.165, 1.54) is 6.20 Å². The lowest BCUT2D eigenvalue weighted by molar-refractivity contribution is 0.0231. The molecule has 37 heavy (non-hydrogen) atoms. The van der Waals surface area contributed by atoms with E-state index in [0.717, 1.165) is 35.6 Å². The Kier molecular flexibility index (Phi) is 7.58. The molecule has 1 N–H and O–H groups in total. The molecule has 5 rings (SSSR count). The van der Waals surface area contributed by atoms with Gasteiger partial charge >= 0.3 is 0 Å². The zero-order valence-corrected chi connectivity index (χ0v) is 21.9. The molecule has 0 aliphatic carbocycles. The van der Waals surface area contributed by atoms with Gasteiger partial charge in [0.15, 0.2) is 11.6 Å². The number of hydrogen-bond donors (Lipinski definition) is 1. The summed E-state index contributed by atoms with van der Waals surface area (Å²) in [5, 5.41) is 7.40.